The molecule has 5 nitrogen and oxygen atoms in total. The van der Waals surface area contributed by atoms with Gasteiger partial charge in [-0.05, 0) is 54.6 Å². The Morgan fingerprint density at radius 3 is 2.41 bits per heavy atom. The highest BCUT2D eigenvalue weighted by Crippen LogP contribution is 2.27. The topological polar surface area (TPSA) is 41.4 Å². The number of halogens is 1. The summed E-state index contributed by atoms with van der Waals surface area (Å²) >= 11 is 7.57. The number of carbonyl (C=O) groups excluding carboxylic acids is 1. The minimum atomic E-state index is 0.0820. The Morgan fingerprint density at radius 1 is 0.966 bits per heavy atom. The normalized spacial score (nSPS) is 14.5. The molecule has 0 aliphatic carbocycles. The molecular formula is C22H19ClN4OS. The third kappa shape index (κ3) is 3.61. The monoisotopic (exact) mass is 422 g/mol. The summed E-state index contributed by atoms with van der Waals surface area (Å²) in [5.74, 6) is 0.0820. The standard InChI is InChI=1S/C22H19ClN4OS/c23-17-4-6-18(7-5-17)25-11-13-26(14-12-25)21(28)16-3-8-19-20(15-16)29-22(24-19)27-9-1-2-10-27/h1-10,15H,11-14H2. The molecule has 0 unspecified atom stereocenters. The minimum Gasteiger partial charge on any atom is -0.368 e. The summed E-state index contributed by atoms with van der Waals surface area (Å²) in [5.41, 5.74) is 2.79. The number of aromatic nitrogens is 2. The highest BCUT2D eigenvalue weighted by Gasteiger charge is 2.23. The minimum absolute atomic E-state index is 0.0820. The van der Waals surface area contributed by atoms with Crippen LogP contribution >= 0.6 is 22.9 Å². The zero-order valence-electron chi connectivity index (χ0n) is 15.7. The van der Waals surface area contributed by atoms with Crippen molar-refractivity contribution in [2.24, 2.45) is 0 Å². The van der Waals surface area contributed by atoms with E-state index in [0.717, 1.165) is 44.7 Å². The molecule has 0 radical (unpaired) electrons. The van der Waals surface area contributed by atoms with E-state index >= 15 is 0 Å². The lowest BCUT2D eigenvalue weighted by Gasteiger charge is -2.36. The molecule has 0 spiro atoms. The van der Waals surface area contributed by atoms with Crippen LogP contribution in [0.3, 0.4) is 0 Å². The van der Waals surface area contributed by atoms with Crippen molar-refractivity contribution in [1.82, 2.24) is 14.5 Å². The summed E-state index contributed by atoms with van der Waals surface area (Å²) in [6.07, 6.45) is 3.95. The number of amides is 1. The van der Waals surface area contributed by atoms with Crippen LogP contribution in [0.15, 0.2) is 67.0 Å². The van der Waals surface area contributed by atoms with E-state index in [1.165, 1.54) is 0 Å². The number of thiazole rings is 1. The Bertz CT molecular complexity index is 1150. The molecule has 0 atom stereocenters. The molecule has 3 heterocycles. The summed E-state index contributed by atoms with van der Waals surface area (Å²) in [6, 6.07) is 17.6. The molecule has 2 aromatic heterocycles. The van der Waals surface area contributed by atoms with Crippen molar-refractivity contribution >= 4 is 44.7 Å². The summed E-state index contributed by atoms with van der Waals surface area (Å²) in [7, 11) is 0. The highest BCUT2D eigenvalue weighted by molar-refractivity contribution is 7.20. The van der Waals surface area contributed by atoms with Crippen molar-refractivity contribution in [2.75, 3.05) is 31.1 Å². The molecule has 146 valence electrons. The van der Waals surface area contributed by atoms with Crippen LogP contribution in [0.5, 0.6) is 0 Å². The zero-order valence-corrected chi connectivity index (χ0v) is 17.2. The smallest absolute Gasteiger partial charge is 0.254 e. The number of carbonyl (C=O) groups is 1. The van der Waals surface area contributed by atoms with Gasteiger partial charge in [-0.1, -0.05) is 22.9 Å². The summed E-state index contributed by atoms with van der Waals surface area (Å²) in [5, 5.41) is 1.65. The molecular weight excluding hydrogens is 404 g/mol. The fourth-order valence-corrected chi connectivity index (χ4v) is 4.72. The zero-order chi connectivity index (χ0) is 19.8. The van der Waals surface area contributed by atoms with Gasteiger partial charge in [-0.3, -0.25) is 4.79 Å². The average Bonchev–Trinajstić information content (AvgIpc) is 3.43. The Kier molecular flexibility index (Phi) is 4.73. The van der Waals surface area contributed by atoms with E-state index in [1.54, 1.807) is 11.3 Å². The van der Waals surface area contributed by atoms with Gasteiger partial charge in [-0.2, -0.15) is 0 Å². The van der Waals surface area contributed by atoms with Gasteiger partial charge in [-0.25, -0.2) is 4.98 Å². The maximum Gasteiger partial charge on any atom is 0.254 e. The molecule has 1 fully saturated rings. The van der Waals surface area contributed by atoms with Gasteiger partial charge in [0.15, 0.2) is 5.13 Å². The Morgan fingerprint density at radius 2 is 1.69 bits per heavy atom. The van der Waals surface area contributed by atoms with Crippen LogP contribution in [0.2, 0.25) is 5.02 Å². The van der Waals surface area contributed by atoms with E-state index in [4.69, 9.17) is 11.6 Å². The highest BCUT2D eigenvalue weighted by atomic mass is 35.5. The maximum atomic E-state index is 13.0. The lowest BCUT2D eigenvalue weighted by molar-refractivity contribution is 0.0747. The first-order valence-corrected chi connectivity index (χ1v) is 10.7. The molecule has 1 saturated heterocycles. The average molecular weight is 423 g/mol. The SMILES string of the molecule is O=C(c1ccc2nc(-n3cccc3)sc2c1)N1CCN(c2ccc(Cl)cc2)CC1. The van der Waals surface area contributed by atoms with Gasteiger partial charge >= 0.3 is 0 Å². The Hall–Kier alpha value is -2.83. The lowest BCUT2D eigenvalue weighted by atomic mass is 10.1. The third-order valence-corrected chi connectivity index (χ3v) is 6.49. The van der Waals surface area contributed by atoms with E-state index < -0.39 is 0 Å². The van der Waals surface area contributed by atoms with Gasteiger partial charge in [-0.15, -0.1) is 0 Å². The second-order valence-electron chi connectivity index (χ2n) is 7.02. The molecule has 2 aromatic carbocycles. The molecule has 4 aromatic rings. The first-order valence-electron chi connectivity index (χ1n) is 9.51. The molecule has 0 N–H and O–H groups in total. The predicted molar refractivity (Wildman–Crippen MR) is 119 cm³/mol. The largest absolute Gasteiger partial charge is 0.368 e. The quantitative estimate of drug-likeness (QED) is 0.480. The first-order chi connectivity index (χ1) is 14.2. The van der Waals surface area contributed by atoms with E-state index in [1.807, 2.05) is 76.5 Å². The molecule has 1 aliphatic rings. The number of hydrogen-bond acceptors (Lipinski definition) is 4. The van der Waals surface area contributed by atoms with Gasteiger partial charge < -0.3 is 14.4 Å². The summed E-state index contributed by atoms with van der Waals surface area (Å²) in [4.78, 5) is 21.9. The number of benzene rings is 2. The summed E-state index contributed by atoms with van der Waals surface area (Å²) < 4.78 is 3.02. The molecule has 1 aliphatic heterocycles. The fourth-order valence-electron chi connectivity index (χ4n) is 3.62. The molecule has 0 saturated carbocycles. The molecule has 5 rings (SSSR count). The van der Waals surface area contributed by atoms with Crippen LogP contribution in [-0.2, 0) is 0 Å². The van der Waals surface area contributed by atoms with Gasteiger partial charge in [0.25, 0.3) is 5.91 Å². The van der Waals surface area contributed by atoms with Crippen LogP contribution in [0.25, 0.3) is 15.3 Å². The van der Waals surface area contributed by atoms with Crippen LogP contribution in [0.4, 0.5) is 5.69 Å². The number of nitrogens with zero attached hydrogens (tertiary/aromatic N) is 4. The Balaban J connectivity index is 1.30. The van der Waals surface area contributed by atoms with Crippen molar-refractivity contribution in [2.45, 2.75) is 0 Å². The fraction of sp³-hybridized carbons (Fsp3) is 0.182. The molecule has 29 heavy (non-hydrogen) atoms. The predicted octanol–water partition coefficient (Wildman–Crippen LogP) is 4.70. The molecule has 1 amide bonds. The number of anilines is 1. The van der Waals surface area contributed by atoms with Crippen molar-refractivity contribution in [3.05, 3.63) is 77.6 Å². The summed E-state index contributed by atoms with van der Waals surface area (Å²) in [6.45, 7) is 3.04. The maximum absolute atomic E-state index is 13.0. The Labute approximate surface area is 177 Å². The van der Waals surface area contributed by atoms with Crippen LogP contribution in [0.1, 0.15) is 10.4 Å². The van der Waals surface area contributed by atoms with Crippen molar-refractivity contribution in [3.63, 3.8) is 0 Å². The van der Waals surface area contributed by atoms with Crippen molar-refractivity contribution < 1.29 is 4.79 Å². The second-order valence-corrected chi connectivity index (χ2v) is 8.47. The van der Waals surface area contributed by atoms with Gasteiger partial charge in [0.05, 0.1) is 10.2 Å². The number of piperazine rings is 1. The van der Waals surface area contributed by atoms with Crippen molar-refractivity contribution in [3.8, 4) is 5.13 Å². The molecule has 7 heteroatoms. The second kappa shape index (κ2) is 7.54. The molecule has 0 bridgehead atoms. The first kappa shape index (κ1) is 18.2. The van der Waals surface area contributed by atoms with E-state index in [9.17, 15) is 4.79 Å². The number of rotatable bonds is 3. The van der Waals surface area contributed by atoms with E-state index in [-0.39, 0.29) is 5.91 Å². The lowest BCUT2D eigenvalue weighted by Crippen LogP contribution is -2.48. The van der Waals surface area contributed by atoms with E-state index in [0.29, 0.717) is 13.1 Å². The van der Waals surface area contributed by atoms with Crippen molar-refractivity contribution in [1.29, 1.82) is 0 Å². The van der Waals surface area contributed by atoms with Gasteiger partial charge in [0.2, 0.25) is 0 Å². The van der Waals surface area contributed by atoms with Crippen LogP contribution in [-0.4, -0.2) is 46.5 Å². The third-order valence-electron chi connectivity index (χ3n) is 5.21. The van der Waals surface area contributed by atoms with Gasteiger partial charge in [0, 0.05) is 54.8 Å². The van der Waals surface area contributed by atoms with Crippen LogP contribution < -0.4 is 4.90 Å². The van der Waals surface area contributed by atoms with Crippen LogP contribution in [0, 0.1) is 0 Å². The number of fused-ring (bicyclic) bond motifs is 1. The van der Waals surface area contributed by atoms with E-state index in [2.05, 4.69) is 9.88 Å². The number of hydrogen-bond donors (Lipinski definition) is 0. The van der Waals surface area contributed by atoms with Gasteiger partial charge in [0.1, 0.15) is 0 Å².